The van der Waals surface area contributed by atoms with Gasteiger partial charge in [0.1, 0.15) is 5.75 Å². The molecule has 1 aliphatic rings. The van der Waals surface area contributed by atoms with E-state index in [1.54, 1.807) is 31.4 Å². The van der Waals surface area contributed by atoms with E-state index in [1.165, 1.54) is 0 Å². The number of pyridine rings is 1. The van der Waals surface area contributed by atoms with Crippen LogP contribution in [-0.4, -0.2) is 31.7 Å². The van der Waals surface area contributed by atoms with E-state index in [9.17, 15) is 4.79 Å². The van der Waals surface area contributed by atoms with Gasteiger partial charge in [0.05, 0.1) is 26.1 Å². The largest absolute Gasteiger partial charge is 0.497 e. The van der Waals surface area contributed by atoms with Crippen molar-refractivity contribution in [3.8, 4) is 11.6 Å². The second-order valence-corrected chi connectivity index (χ2v) is 4.79. The molecule has 2 aromatic rings. The third-order valence-electron chi connectivity index (χ3n) is 3.63. The maximum Gasteiger partial charge on any atom is 0.258 e. The number of aromatic nitrogens is 1. The number of hydrogen-bond donors (Lipinski definition) is 0. The second-order valence-electron chi connectivity index (χ2n) is 4.79. The maximum absolute atomic E-state index is 12.6. The lowest BCUT2D eigenvalue weighted by Gasteiger charge is -2.28. The number of rotatable bonds is 3. The number of anilines is 1. The molecule has 0 saturated heterocycles. The molecule has 0 unspecified atom stereocenters. The Morgan fingerprint density at radius 3 is 2.67 bits per heavy atom. The van der Waals surface area contributed by atoms with Crippen LogP contribution >= 0.6 is 0 Å². The van der Waals surface area contributed by atoms with Gasteiger partial charge in [-0.25, -0.2) is 4.98 Å². The number of methoxy groups -OCH3 is 2. The molecule has 1 amide bonds. The van der Waals surface area contributed by atoms with Crippen molar-refractivity contribution in [2.24, 2.45) is 0 Å². The van der Waals surface area contributed by atoms with Crippen LogP contribution in [0.15, 0.2) is 36.5 Å². The summed E-state index contributed by atoms with van der Waals surface area (Å²) in [5.74, 6) is 1.31. The van der Waals surface area contributed by atoms with Gasteiger partial charge in [-0.1, -0.05) is 0 Å². The lowest BCUT2D eigenvalue weighted by molar-refractivity contribution is 0.0980. The van der Waals surface area contributed by atoms with Crippen molar-refractivity contribution < 1.29 is 14.3 Å². The fraction of sp³-hybridized carbons (Fsp3) is 0.250. The van der Waals surface area contributed by atoms with Crippen LogP contribution in [0, 0.1) is 0 Å². The van der Waals surface area contributed by atoms with Crippen molar-refractivity contribution in [1.29, 1.82) is 0 Å². The molecular formula is C16H16N2O3. The molecule has 5 heteroatoms. The summed E-state index contributed by atoms with van der Waals surface area (Å²) in [7, 11) is 3.19. The average Bonchev–Trinajstić information content (AvgIpc) is 2.55. The van der Waals surface area contributed by atoms with Crippen molar-refractivity contribution in [3.63, 3.8) is 0 Å². The van der Waals surface area contributed by atoms with Gasteiger partial charge in [-0.2, -0.15) is 0 Å². The number of fused-ring (bicyclic) bond motifs is 1. The van der Waals surface area contributed by atoms with Gasteiger partial charge in [0.15, 0.2) is 0 Å². The highest BCUT2D eigenvalue weighted by molar-refractivity contribution is 6.08. The third kappa shape index (κ3) is 2.42. The monoisotopic (exact) mass is 284 g/mol. The highest BCUT2D eigenvalue weighted by atomic mass is 16.5. The zero-order valence-electron chi connectivity index (χ0n) is 12.0. The molecular weight excluding hydrogens is 268 g/mol. The molecule has 0 saturated carbocycles. The predicted molar refractivity (Wildman–Crippen MR) is 79.2 cm³/mol. The van der Waals surface area contributed by atoms with Crippen LogP contribution < -0.4 is 14.4 Å². The zero-order chi connectivity index (χ0) is 14.8. The fourth-order valence-electron chi connectivity index (χ4n) is 2.49. The molecule has 0 N–H and O–H groups in total. The van der Waals surface area contributed by atoms with E-state index < -0.39 is 0 Å². The first-order valence-electron chi connectivity index (χ1n) is 6.72. The Balaban J connectivity index is 1.90. The van der Waals surface area contributed by atoms with Crippen molar-refractivity contribution in [2.45, 2.75) is 6.42 Å². The molecule has 0 radical (unpaired) electrons. The first-order chi connectivity index (χ1) is 10.2. The maximum atomic E-state index is 12.6. The van der Waals surface area contributed by atoms with Gasteiger partial charge >= 0.3 is 0 Å². The van der Waals surface area contributed by atoms with Crippen LogP contribution in [-0.2, 0) is 6.42 Å². The standard InChI is InChI=1S/C16H16N2O3/c1-20-13-4-5-14-11(9-13)7-8-18(16(14)19)12-3-6-15(21-2)17-10-12/h3-6,9-10H,7-8H2,1-2H3. The summed E-state index contributed by atoms with van der Waals surface area (Å²) in [6.07, 6.45) is 2.45. The van der Waals surface area contributed by atoms with E-state index in [0.717, 1.165) is 29.0 Å². The highest BCUT2D eigenvalue weighted by Gasteiger charge is 2.25. The van der Waals surface area contributed by atoms with Gasteiger partial charge < -0.3 is 14.4 Å². The number of hydrogen-bond acceptors (Lipinski definition) is 4. The molecule has 1 aliphatic heterocycles. The Labute approximate surface area is 123 Å². The summed E-state index contributed by atoms with van der Waals surface area (Å²) in [6.45, 7) is 0.632. The fourth-order valence-corrected chi connectivity index (χ4v) is 2.49. The minimum atomic E-state index is -0.00845. The molecule has 3 rings (SSSR count). The van der Waals surface area contributed by atoms with E-state index in [4.69, 9.17) is 9.47 Å². The quantitative estimate of drug-likeness (QED) is 0.868. The van der Waals surface area contributed by atoms with E-state index in [-0.39, 0.29) is 5.91 Å². The molecule has 0 bridgehead atoms. The summed E-state index contributed by atoms with van der Waals surface area (Å²) in [5, 5.41) is 0. The highest BCUT2D eigenvalue weighted by Crippen LogP contribution is 2.27. The molecule has 0 atom stereocenters. The summed E-state index contributed by atoms with van der Waals surface area (Å²) >= 11 is 0. The van der Waals surface area contributed by atoms with Crippen molar-refractivity contribution in [3.05, 3.63) is 47.7 Å². The molecule has 0 fully saturated rings. The molecule has 5 nitrogen and oxygen atoms in total. The minimum absolute atomic E-state index is 0.00845. The first kappa shape index (κ1) is 13.4. The molecule has 108 valence electrons. The Hall–Kier alpha value is -2.56. The van der Waals surface area contributed by atoms with Crippen molar-refractivity contribution >= 4 is 11.6 Å². The zero-order valence-corrected chi connectivity index (χ0v) is 12.0. The number of ether oxygens (including phenoxy) is 2. The molecule has 1 aromatic heterocycles. The number of amides is 1. The molecule has 21 heavy (non-hydrogen) atoms. The van der Waals surface area contributed by atoms with E-state index >= 15 is 0 Å². The summed E-state index contributed by atoms with van der Waals surface area (Å²) in [4.78, 5) is 18.5. The number of carbonyl (C=O) groups is 1. The summed E-state index contributed by atoms with van der Waals surface area (Å²) in [6, 6.07) is 9.16. The topological polar surface area (TPSA) is 51.7 Å². The van der Waals surface area contributed by atoms with Crippen LogP contribution in [0.1, 0.15) is 15.9 Å². The number of nitrogens with zero attached hydrogens (tertiary/aromatic N) is 2. The van der Waals surface area contributed by atoms with Crippen LogP contribution in [0.25, 0.3) is 0 Å². The van der Waals surface area contributed by atoms with Crippen LogP contribution in [0.5, 0.6) is 11.6 Å². The van der Waals surface area contributed by atoms with Gasteiger partial charge in [0, 0.05) is 18.2 Å². The Kier molecular flexibility index (Phi) is 3.48. The predicted octanol–water partition coefficient (Wildman–Crippen LogP) is 2.30. The Morgan fingerprint density at radius 2 is 2.00 bits per heavy atom. The van der Waals surface area contributed by atoms with E-state index in [2.05, 4.69) is 4.98 Å². The minimum Gasteiger partial charge on any atom is -0.497 e. The molecule has 2 heterocycles. The van der Waals surface area contributed by atoms with Crippen LogP contribution in [0.2, 0.25) is 0 Å². The van der Waals surface area contributed by atoms with Crippen LogP contribution in [0.4, 0.5) is 5.69 Å². The Morgan fingerprint density at radius 1 is 1.14 bits per heavy atom. The Bertz CT molecular complexity index is 668. The average molecular weight is 284 g/mol. The van der Waals surface area contributed by atoms with Gasteiger partial charge in [-0.05, 0) is 36.2 Å². The number of benzene rings is 1. The lowest BCUT2D eigenvalue weighted by atomic mass is 9.98. The van der Waals surface area contributed by atoms with Crippen molar-refractivity contribution in [1.82, 2.24) is 4.98 Å². The molecule has 0 spiro atoms. The first-order valence-corrected chi connectivity index (χ1v) is 6.72. The second kappa shape index (κ2) is 5.44. The molecule has 0 aliphatic carbocycles. The summed E-state index contributed by atoms with van der Waals surface area (Å²) in [5.41, 5.74) is 2.53. The van der Waals surface area contributed by atoms with Crippen LogP contribution in [0.3, 0.4) is 0 Å². The van der Waals surface area contributed by atoms with Gasteiger partial charge in [-0.3, -0.25) is 4.79 Å². The smallest absolute Gasteiger partial charge is 0.258 e. The summed E-state index contributed by atoms with van der Waals surface area (Å²) < 4.78 is 10.2. The van der Waals surface area contributed by atoms with Gasteiger partial charge in [0.2, 0.25) is 5.88 Å². The van der Waals surface area contributed by atoms with Gasteiger partial charge in [-0.15, -0.1) is 0 Å². The number of carbonyl (C=O) groups excluding carboxylic acids is 1. The molecule has 1 aromatic carbocycles. The van der Waals surface area contributed by atoms with E-state index in [0.29, 0.717) is 12.4 Å². The lowest BCUT2D eigenvalue weighted by Crippen LogP contribution is -2.37. The van der Waals surface area contributed by atoms with E-state index in [1.807, 2.05) is 24.3 Å². The SMILES string of the molecule is COc1ccc2c(c1)CCN(c1ccc(OC)nc1)C2=O. The third-order valence-corrected chi connectivity index (χ3v) is 3.63. The normalized spacial score (nSPS) is 13.8. The van der Waals surface area contributed by atoms with Gasteiger partial charge in [0.25, 0.3) is 5.91 Å². The van der Waals surface area contributed by atoms with Crippen molar-refractivity contribution in [2.75, 3.05) is 25.7 Å².